The van der Waals surface area contributed by atoms with Gasteiger partial charge in [0.05, 0.1) is 17.2 Å². The third kappa shape index (κ3) is 3.42. The highest BCUT2D eigenvalue weighted by Crippen LogP contribution is 2.46. The number of carbonyl (C=O) groups excluding carboxylic acids is 1. The highest BCUT2D eigenvalue weighted by molar-refractivity contribution is 7.86. The van der Waals surface area contributed by atoms with Crippen molar-refractivity contribution in [1.82, 2.24) is 10.3 Å². The number of benzene rings is 2. The largest absolute Gasteiger partial charge is 0.489 e. The fraction of sp³-hybridized carbons (Fsp3) is 0.333. The van der Waals surface area contributed by atoms with Crippen LogP contribution >= 0.6 is 0 Å². The number of aromatic nitrogens is 1. The van der Waals surface area contributed by atoms with Crippen LogP contribution in [0.15, 0.2) is 35.2 Å². The van der Waals surface area contributed by atoms with Crippen molar-refractivity contribution < 1.29 is 22.5 Å². The minimum atomic E-state index is -4.63. The van der Waals surface area contributed by atoms with Gasteiger partial charge < -0.3 is 15.0 Å². The van der Waals surface area contributed by atoms with Gasteiger partial charge in [-0.2, -0.15) is 13.7 Å². The molecule has 0 radical (unpaired) electrons. The number of nitrogens with zero attached hydrogens (tertiary/aromatic N) is 1. The van der Waals surface area contributed by atoms with Crippen LogP contribution in [0.2, 0.25) is 0 Å². The van der Waals surface area contributed by atoms with Crippen LogP contribution in [-0.2, 0) is 15.5 Å². The molecule has 5 rings (SSSR count). The third-order valence-corrected chi connectivity index (χ3v) is 7.51. The van der Waals surface area contributed by atoms with E-state index in [-0.39, 0.29) is 23.2 Å². The molecule has 1 fully saturated rings. The molecular formula is C24H23N3O5S. The zero-order chi connectivity index (χ0) is 23.5. The van der Waals surface area contributed by atoms with Gasteiger partial charge in [0.1, 0.15) is 16.7 Å². The summed E-state index contributed by atoms with van der Waals surface area (Å²) in [5, 5.41) is 13.1. The van der Waals surface area contributed by atoms with E-state index in [1.165, 1.54) is 6.07 Å². The third-order valence-electron chi connectivity index (χ3n) is 6.64. The van der Waals surface area contributed by atoms with Gasteiger partial charge in [0.15, 0.2) is 5.78 Å². The Balaban J connectivity index is 1.72. The van der Waals surface area contributed by atoms with Gasteiger partial charge in [-0.05, 0) is 55.8 Å². The summed E-state index contributed by atoms with van der Waals surface area (Å²) in [4.78, 5) is 16.5. The van der Waals surface area contributed by atoms with Crippen LogP contribution in [0.3, 0.4) is 0 Å². The lowest BCUT2D eigenvalue weighted by atomic mass is 9.71. The molecule has 2 aliphatic rings. The molecular weight excluding hydrogens is 442 g/mol. The Bertz CT molecular complexity index is 1460. The van der Waals surface area contributed by atoms with Gasteiger partial charge in [0.25, 0.3) is 10.1 Å². The van der Waals surface area contributed by atoms with Crippen molar-refractivity contribution in [2.75, 3.05) is 13.1 Å². The number of H-pyrrole nitrogens is 1. The van der Waals surface area contributed by atoms with E-state index in [1.54, 1.807) is 24.3 Å². The van der Waals surface area contributed by atoms with Crippen molar-refractivity contribution in [2.24, 2.45) is 0 Å². The summed E-state index contributed by atoms with van der Waals surface area (Å²) in [6.07, 6.45) is 1.22. The molecule has 1 aliphatic carbocycles. The lowest BCUT2D eigenvalue weighted by molar-refractivity contribution is 0.103. The molecule has 0 bridgehead atoms. The maximum atomic E-state index is 13.6. The summed E-state index contributed by atoms with van der Waals surface area (Å²) in [5.41, 5.74) is 2.41. The van der Waals surface area contributed by atoms with E-state index in [0.29, 0.717) is 46.1 Å². The first-order valence-corrected chi connectivity index (χ1v) is 12.2. The molecule has 3 N–H and O–H groups in total. The van der Waals surface area contributed by atoms with E-state index in [9.17, 15) is 23.0 Å². The first kappa shape index (κ1) is 21.6. The Morgan fingerprint density at radius 3 is 2.58 bits per heavy atom. The fourth-order valence-corrected chi connectivity index (χ4v) is 5.52. The Morgan fingerprint density at radius 1 is 1.18 bits per heavy atom. The molecule has 1 aromatic heterocycles. The predicted octanol–water partition coefficient (Wildman–Crippen LogP) is 3.29. The van der Waals surface area contributed by atoms with Crippen molar-refractivity contribution in [2.45, 2.75) is 43.1 Å². The summed E-state index contributed by atoms with van der Waals surface area (Å²) in [7, 11) is -4.63. The Kier molecular flexibility index (Phi) is 4.86. The average molecular weight is 466 g/mol. The SMILES string of the molecule is CC1(C)c2cc(OC3CCNCC3)c(S(=O)(=O)O)cc2C(=O)c2c1[nH]c1cc(C#N)ccc21. The van der Waals surface area contributed by atoms with Crippen molar-refractivity contribution in [3.05, 3.63) is 58.3 Å². The molecule has 1 aliphatic heterocycles. The van der Waals surface area contributed by atoms with E-state index >= 15 is 0 Å². The van der Waals surface area contributed by atoms with E-state index in [2.05, 4.69) is 16.4 Å². The molecule has 8 nitrogen and oxygen atoms in total. The zero-order valence-corrected chi connectivity index (χ0v) is 19.0. The first-order valence-electron chi connectivity index (χ1n) is 10.8. The summed E-state index contributed by atoms with van der Waals surface area (Å²) >= 11 is 0. The van der Waals surface area contributed by atoms with Gasteiger partial charge in [0.2, 0.25) is 0 Å². The summed E-state index contributed by atoms with van der Waals surface area (Å²) < 4.78 is 40.5. The lowest BCUT2D eigenvalue weighted by Gasteiger charge is -2.33. The number of carbonyl (C=O) groups is 1. The molecule has 0 spiro atoms. The van der Waals surface area contributed by atoms with Gasteiger partial charge in [-0.25, -0.2) is 0 Å². The topological polar surface area (TPSA) is 132 Å². The number of hydrogen-bond donors (Lipinski definition) is 3. The molecule has 170 valence electrons. The van der Waals surface area contributed by atoms with Crippen LogP contribution in [-0.4, -0.2) is 42.9 Å². The van der Waals surface area contributed by atoms with Gasteiger partial charge in [-0.3, -0.25) is 9.35 Å². The van der Waals surface area contributed by atoms with Crippen molar-refractivity contribution in [3.63, 3.8) is 0 Å². The van der Waals surface area contributed by atoms with Gasteiger partial charge >= 0.3 is 0 Å². The summed E-state index contributed by atoms with van der Waals surface area (Å²) in [6, 6.07) is 9.97. The summed E-state index contributed by atoms with van der Waals surface area (Å²) in [6.45, 7) is 5.39. The first-order chi connectivity index (χ1) is 15.6. The highest BCUT2D eigenvalue weighted by atomic mass is 32.2. The molecule has 3 aromatic rings. The predicted molar refractivity (Wildman–Crippen MR) is 121 cm³/mol. The van der Waals surface area contributed by atoms with Gasteiger partial charge in [-0.1, -0.05) is 19.9 Å². The molecule has 0 amide bonds. The van der Waals surface area contributed by atoms with Gasteiger partial charge in [-0.15, -0.1) is 0 Å². The number of ketones is 1. The summed E-state index contributed by atoms with van der Waals surface area (Å²) in [5.74, 6) is -0.288. The Hall–Kier alpha value is -3.19. The normalized spacial score (nSPS) is 17.9. The minimum Gasteiger partial charge on any atom is -0.489 e. The van der Waals surface area contributed by atoms with Gasteiger partial charge in [0, 0.05) is 27.6 Å². The highest BCUT2D eigenvalue weighted by Gasteiger charge is 2.41. The molecule has 2 heterocycles. The Morgan fingerprint density at radius 2 is 1.91 bits per heavy atom. The maximum Gasteiger partial charge on any atom is 0.298 e. The van der Waals surface area contributed by atoms with Crippen LogP contribution in [0.25, 0.3) is 10.9 Å². The quantitative estimate of drug-likeness (QED) is 0.506. The number of nitrogens with one attached hydrogen (secondary N) is 2. The maximum absolute atomic E-state index is 13.6. The number of fused-ring (bicyclic) bond motifs is 4. The second-order valence-electron chi connectivity index (χ2n) is 9.09. The van der Waals surface area contributed by atoms with E-state index in [4.69, 9.17) is 4.74 Å². The number of hydrogen-bond acceptors (Lipinski definition) is 6. The van der Waals surface area contributed by atoms with Crippen LogP contribution in [0.4, 0.5) is 0 Å². The molecule has 9 heteroatoms. The van der Waals surface area contributed by atoms with Crippen LogP contribution < -0.4 is 10.1 Å². The van der Waals surface area contributed by atoms with Crippen molar-refractivity contribution >= 4 is 26.8 Å². The number of piperidine rings is 1. The molecule has 33 heavy (non-hydrogen) atoms. The van der Waals surface area contributed by atoms with Crippen LogP contribution in [0.5, 0.6) is 5.75 Å². The zero-order valence-electron chi connectivity index (χ0n) is 18.2. The molecule has 0 unspecified atom stereocenters. The fourth-order valence-electron chi connectivity index (χ4n) is 4.89. The smallest absolute Gasteiger partial charge is 0.298 e. The number of ether oxygens (including phenoxy) is 1. The molecule has 0 saturated carbocycles. The molecule has 2 aromatic carbocycles. The van der Waals surface area contributed by atoms with E-state index in [1.807, 2.05) is 13.8 Å². The van der Waals surface area contributed by atoms with Crippen LogP contribution in [0, 0.1) is 11.3 Å². The van der Waals surface area contributed by atoms with Crippen molar-refractivity contribution in [1.29, 1.82) is 5.26 Å². The minimum absolute atomic E-state index is 0.0513. The Labute approximate surface area is 191 Å². The lowest BCUT2D eigenvalue weighted by Crippen LogP contribution is -2.35. The average Bonchev–Trinajstić information content (AvgIpc) is 3.17. The standard InChI is InChI=1S/C24H23N3O5S/c1-24(2)17-11-19(32-14-5-7-26-8-6-14)20(33(29,30)31)10-16(17)22(28)21-15-4-3-13(12-25)9-18(15)27-23(21)24/h3-4,9-11,14,26-27H,5-8H2,1-2H3,(H,29,30,31). The van der Waals surface area contributed by atoms with Crippen molar-refractivity contribution in [3.8, 4) is 11.8 Å². The van der Waals surface area contributed by atoms with Crippen LogP contribution in [0.1, 0.15) is 59.4 Å². The second-order valence-corrected chi connectivity index (χ2v) is 10.5. The van der Waals surface area contributed by atoms with E-state index in [0.717, 1.165) is 13.1 Å². The number of rotatable bonds is 3. The monoisotopic (exact) mass is 465 g/mol. The molecule has 1 saturated heterocycles. The number of aromatic amines is 1. The molecule has 0 atom stereocenters. The second kappa shape index (κ2) is 7.42. The number of nitriles is 1. The van der Waals surface area contributed by atoms with E-state index < -0.39 is 20.4 Å².